The number of hydrogen-bond acceptors (Lipinski definition) is 4. The smallest absolute Gasteiger partial charge is 0.196 e. The predicted molar refractivity (Wildman–Crippen MR) is 72.9 cm³/mol. The Labute approximate surface area is 111 Å². The average molecular weight is 340 g/mol. The van der Waals surface area contributed by atoms with Gasteiger partial charge < -0.3 is 15.0 Å². The van der Waals surface area contributed by atoms with Crippen LogP contribution in [0.5, 0.6) is 0 Å². The number of likely N-dealkylation sites (tertiary alicyclic amines) is 1. The van der Waals surface area contributed by atoms with Gasteiger partial charge in [0.05, 0.1) is 13.2 Å². The topological polar surface area (TPSA) is 41.6 Å². The predicted octanol–water partition coefficient (Wildman–Crippen LogP) is 0.896. The van der Waals surface area contributed by atoms with Crippen LogP contribution in [0.15, 0.2) is 0 Å². The molecule has 1 N–H and O–H groups in total. The van der Waals surface area contributed by atoms with Crippen molar-refractivity contribution in [1.82, 2.24) is 10.2 Å². The molecular weight excluding hydrogens is 319 g/mol. The number of carbonyl (C=O) groups excluding carboxylic acids is 1. The lowest BCUT2D eigenvalue weighted by Crippen LogP contribution is -2.39. The van der Waals surface area contributed by atoms with E-state index in [1.807, 2.05) is 29.6 Å². The summed E-state index contributed by atoms with van der Waals surface area (Å²) in [5.41, 5.74) is 0. The molecule has 1 rings (SSSR count). The highest BCUT2D eigenvalue weighted by molar-refractivity contribution is 14.1. The first-order valence-corrected chi connectivity index (χ1v) is 6.96. The number of piperidine rings is 1. The lowest BCUT2D eigenvalue weighted by Gasteiger charge is -2.30. The van der Waals surface area contributed by atoms with Gasteiger partial charge in [-0.05, 0) is 49.0 Å². The Balaban J connectivity index is 2.10. The standard InChI is InChI=1S/C11H21IN2O2/c1-13-4-7-16-8-6-14-5-2-3-10(9-14)11(12)15/h10,13H,2-9H2,1H3. The zero-order valence-electron chi connectivity index (χ0n) is 9.88. The molecule has 1 atom stereocenters. The van der Waals surface area contributed by atoms with E-state index >= 15 is 0 Å². The summed E-state index contributed by atoms with van der Waals surface area (Å²) in [7, 11) is 1.92. The molecule has 1 fully saturated rings. The summed E-state index contributed by atoms with van der Waals surface area (Å²) in [5.74, 6) is 0.242. The van der Waals surface area contributed by atoms with Crippen LogP contribution in [0.3, 0.4) is 0 Å². The van der Waals surface area contributed by atoms with Crippen molar-refractivity contribution >= 4 is 26.4 Å². The van der Waals surface area contributed by atoms with Gasteiger partial charge in [-0.15, -0.1) is 0 Å². The molecule has 0 amide bonds. The van der Waals surface area contributed by atoms with E-state index in [-0.39, 0.29) is 5.92 Å². The van der Waals surface area contributed by atoms with E-state index in [1.54, 1.807) is 0 Å². The molecule has 4 nitrogen and oxygen atoms in total. The summed E-state index contributed by atoms with van der Waals surface area (Å²) in [6.07, 6.45) is 2.19. The third-order valence-corrected chi connectivity index (χ3v) is 3.76. The molecule has 1 saturated heterocycles. The van der Waals surface area contributed by atoms with Gasteiger partial charge in [-0.25, -0.2) is 0 Å². The van der Waals surface area contributed by atoms with Crippen LogP contribution in [0.25, 0.3) is 0 Å². The molecule has 0 aromatic carbocycles. The van der Waals surface area contributed by atoms with Gasteiger partial charge >= 0.3 is 0 Å². The lowest BCUT2D eigenvalue weighted by molar-refractivity contribution is -0.114. The molecular formula is C11H21IN2O2. The normalized spacial score (nSPS) is 22.2. The maximum Gasteiger partial charge on any atom is 0.196 e. The number of rotatable bonds is 7. The van der Waals surface area contributed by atoms with E-state index in [1.165, 1.54) is 0 Å². The van der Waals surface area contributed by atoms with Crippen LogP contribution in [-0.4, -0.2) is 55.1 Å². The zero-order valence-corrected chi connectivity index (χ0v) is 12.0. The quantitative estimate of drug-likeness (QED) is 0.425. The zero-order chi connectivity index (χ0) is 11.8. The maximum atomic E-state index is 11.3. The van der Waals surface area contributed by atoms with Gasteiger partial charge in [0.1, 0.15) is 0 Å². The largest absolute Gasteiger partial charge is 0.379 e. The highest BCUT2D eigenvalue weighted by atomic mass is 127. The van der Waals surface area contributed by atoms with Gasteiger partial charge in [0, 0.05) is 25.6 Å². The molecule has 0 radical (unpaired) electrons. The molecule has 0 spiro atoms. The van der Waals surface area contributed by atoms with Gasteiger partial charge in [0.15, 0.2) is 3.79 Å². The average Bonchev–Trinajstić information content (AvgIpc) is 2.29. The second-order valence-corrected chi connectivity index (χ2v) is 5.22. The summed E-state index contributed by atoms with van der Waals surface area (Å²) < 4.78 is 5.79. The van der Waals surface area contributed by atoms with Gasteiger partial charge in [0.2, 0.25) is 0 Å². The Kier molecular flexibility index (Phi) is 7.51. The van der Waals surface area contributed by atoms with Crippen LogP contribution in [0, 0.1) is 5.92 Å². The van der Waals surface area contributed by atoms with Crippen molar-refractivity contribution in [3.05, 3.63) is 0 Å². The minimum atomic E-state index is 0.242. The van der Waals surface area contributed by atoms with Crippen LogP contribution >= 0.6 is 22.6 Å². The van der Waals surface area contributed by atoms with Crippen LogP contribution in [0.1, 0.15) is 12.8 Å². The number of hydrogen-bond donors (Lipinski definition) is 1. The van der Waals surface area contributed by atoms with Gasteiger partial charge in [-0.3, -0.25) is 4.79 Å². The van der Waals surface area contributed by atoms with Crippen LogP contribution in [-0.2, 0) is 9.53 Å². The molecule has 0 aromatic heterocycles. The fourth-order valence-corrected chi connectivity index (χ4v) is 2.42. The summed E-state index contributed by atoms with van der Waals surface area (Å²) in [5, 5.41) is 3.04. The first-order valence-electron chi connectivity index (χ1n) is 5.88. The van der Waals surface area contributed by atoms with Crippen LogP contribution in [0.4, 0.5) is 0 Å². The molecule has 0 saturated carbocycles. The first kappa shape index (κ1) is 14.3. The number of likely N-dealkylation sites (N-methyl/N-ethyl adjacent to an activating group) is 1. The number of carbonyl (C=O) groups is 1. The minimum Gasteiger partial charge on any atom is -0.379 e. The van der Waals surface area contributed by atoms with Crippen molar-refractivity contribution in [2.45, 2.75) is 12.8 Å². The molecule has 1 heterocycles. The second-order valence-electron chi connectivity index (χ2n) is 4.16. The summed E-state index contributed by atoms with van der Waals surface area (Å²) >= 11 is 1.92. The molecule has 5 heteroatoms. The SMILES string of the molecule is CNCCOCCN1CCCC(C(=O)I)C1. The van der Waals surface area contributed by atoms with E-state index in [2.05, 4.69) is 10.2 Å². The number of nitrogens with zero attached hydrogens (tertiary/aromatic N) is 1. The minimum absolute atomic E-state index is 0.242. The Hall–Kier alpha value is 0.280. The molecule has 0 bridgehead atoms. The van der Waals surface area contributed by atoms with Crippen molar-refractivity contribution in [2.75, 3.05) is 46.4 Å². The number of nitrogens with one attached hydrogen (secondary N) is 1. The summed E-state index contributed by atoms with van der Waals surface area (Å²) in [6, 6.07) is 0. The van der Waals surface area contributed by atoms with Crippen LogP contribution in [0.2, 0.25) is 0 Å². The summed E-state index contributed by atoms with van der Waals surface area (Å²) in [6.45, 7) is 5.40. The van der Waals surface area contributed by atoms with Gasteiger partial charge in [-0.2, -0.15) is 0 Å². The first-order chi connectivity index (χ1) is 7.74. The Bertz CT molecular complexity index is 214. The Morgan fingerprint density at radius 3 is 3.06 bits per heavy atom. The molecule has 94 valence electrons. The fourth-order valence-electron chi connectivity index (χ4n) is 1.91. The van der Waals surface area contributed by atoms with Gasteiger partial charge in [0.25, 0.3) is 0 Å². The third kappa shape index (κ3) is 5.56. The number of halogens is 1. The van der Waals surface area contributed by atoms with E-state index in [0.29, 0.717) is 3.79 Å². The van der Waals surface area contributed by atoms with Crippen molar-refractivity contribution in [1.29, 1.82) is 0 Å². The molecule has 16 heavy (non-hydrogen) atoms. The maximum absolute atomic E-state index is 11.3. The third-order valence-electron chi connectivity index (χ3n) is 2.87. The molecule has 1 aliphatic heterocycles. The molecule has 1 aliphatic rings. The van der Waals surface area contributed by atoms with Crippen molar-refractivity contribution < 1.29 is 9.53 Å². The summed E-state index contributed by atoms with van der Waals surface area (Å²) in [4.78, 5) is 13.6. The van der Waals surface area contributed by atoms with E-state index in [0.717, 1.165) is 52.2 Å². The van der Waals surface area contributed by atoms with E-state index in [4.69, 9.17) is 4.74 Å². The van der Waals surface area contributed by atoms with Gasteiger partial charge in [-0.1, -0.05) is 0 Å². The van der Waals surface area contributed by atoms with Crippen molar-refractivity contribution in [2.24, 2.45) is 5.92 Å². The highest BCUT2D eigenvalue weighted by Crippen LogP contribution is 2.19. The fraction of sp³-hybridized carbons (Fsp3) is 0.909. The van der Waals surface area contributed by atoms with Crippen LogP contribution < -0.4 is 5.32 Å². The van der Waals surface area contributed by atoms with E-state index in [9.17, 15) is 4.79 Å². The molecule has 0 aromatic rings. The number of ether oxygens (including phenoxy) is 1. The lowest BCUT2D eigenvalue weighted by atomic mass is 10.00. The molecule has 1 unspecified atom stereocenters. The van der Waals surface area contributed by atoms with Crippen molar-refractivity contribution in [3.8, 4) is 0 Å². The van der Waals surface area contributed by atoms with Crippen molar-refractivity contribution in [3.63, 3.8) is 0 Å². The monoisotopic (exact) mass is 340 g/mol. The molecule has 0 aliphatic carbocycles. The Morgan fingerprint density at radius 1 is 1.56 bits per heavy atom. The highest BCUT2D eigenvalue weighted by Gasteiger charge is 2.23. The Morgan fingerprint density at radius 2 is 2.38 bits per heavy atom. The second kappa shape index (κ2) is 8.38. The van der Waals surface area contributed by atoms with E-state index < -0.39 is 0 Å².